The zero-order valence-corrected chi connectivity index (χ0v) is 17.5. The van der Waals surface area contributed by atoms with Gasteiger partial charge in [0.05, 0.1) is 26.9 Å². The summed E-state index contributed by atoms with van der Waals surface area (Å²) in [6.45, 7) is 0.808. The van der Waals surface area contributed by atoms with Crippen molar-refractivity contribution in [3.05, 3.63) is 50.9 Å². The summed E-state index contributed by atoms with van der Waals surface area (Å²) in [7, 11) is 1.76. The van der Waals surface area contributed by atoms with E-state index in [1.165, 1.54) is 6.07 Å². The minimum atomic E-state index is -0.901. The Balaban J connectivity index is 1.51. The fourth-order valence-electron chi connectivity index (χ4n) is 3.27. The molecule has 1 unspecified atom stereocenters. The highest BCUT2D eigenvalue weighted by Crippen LogP contribution is 2.29. The number of rotatable bonds is 7. The van der Waals surface area contributed by atoms with Gasteiger partial charge in [-0.05, 0) is 42.7 Å². The second kappa shape index (κ2) is 9.56. The van der Waals surface area contributed by atoms with Crippen molar-refractivity contribution in [1.29, 1.82) is 0 Å². The molecule has 1 aromatic carbocycles. The monoisotopic (exact) mass is 439 g/mol. The van der Waals surface area contributed by atoms with Crippen LogP contribution >= 0.6 is 22.9 Å². The van der Waals surface area contributed by atoms with Crippen LogP contribution in [-0.2, 0) is 4.79 Å². The second-order valence-corrected chi connectivity index (χ2v) is 8.76. The van der Waals surface area contributed by atoms with Gasteiger partial charge in [-0.25, -0.2) is 4.39 Å². The van der Waals surface area contributed by atoms with E-state index in [0.29, 0.717) is 21.2 Å². The lowest BCUT2D eigenvalue weighted by atomic mass is 9.90. The molecule has 0 bridgehead atoms. The molecule has 2 heterocycles. The van der Waals surface area contributed by atoms with Crippen LogP contribution in [-0.4, -0.2) is 54.6 Å². The van der Waals surface area contributed by atoms with E-state index in [1.807, 2.05) is 0 Å². The van der Waals surface area contributed by atoms with Crippen LogP contribution in [0.25, 0.3) is 0 Å². The van der Waals surface area contributed by atoms with Crippen LogP contribution in [0.15, 0.2) is 30.3 Å². The summed E-state index contributed by atoms with van der Waals surface area (Å²) < 4.78 is 15.0. The average molecular weight is 440 g/mol. The quantitative estimate of drug-likeness (QED) is 0.619. The first kappa shape index (κ1) is 21.5. The first-order chi connectivity index (χ1) is 13.8. The molecule has 6 nitrogen and oxygen atoms in total. The minimum absolute atomic E-state index is 0.00884. The molecule has 0 saturated carbocycles. The van der Waals surface area contributed by atoms with Crippen LogP contribution in [0.1, 0.15) is 34.0 Å². The molecule has 9 heteroatoms. The van der Waals surface area contributed by atoms with Gasteiger partial charge in [-0.1, -0.05) is 17.7 Å². The van der Waals surface area contributed by atoms with Gasteiger partial charge in [0, 0.05) is 26.7 Å². The molecule has 156 valence electrons. The van der Waals surface area contributed by atoms with Crippen LogP contribution in [0.4, 0.5) is 10.1 Å². The molecule has 1 aliphatic heterocycles. The Morgan fingerprint density at radius 2 is 2.17 bits per heavy atom. The third-order valence-corrected chi connectivity index (χ3v) is 6.11. The molecule has 1 aromatic heterocycles. The van der Waals surface area contributed by atoms with Crippen LogP contribution in [0.3, 0.4) is 0 Å². The molecule has 2 atom stereocenters. The molecular formula is C20H23ClFN3O3S. The van der Waals surface area contributed by atoms with E-state index in [1.54, 1.807) is 36.2 Å². The van der Waals surface area contributed by atoms with Crippen molar-refractivity contribution in [3.8, 4) is 0 Å². The molecule has 0 aliphatic carbocycles. The summed E-state index contributed by atoms with van der Waals surface area (Å²) in [6, 6.07) is 7.93. The van der Waals surface area contributed by atoms with Crippen LogP contribution in [0.2, 0.25) is 4.34 Å². The van der Waals surface area contributed by atoms with Gasteiger partial charge in [0.1, 0.15) is 5.82 Å². The van der Waals surface area contributed by atoms with Crippen molar-refractivity contribution in [2.45, 2.75) is 24.9 Å². The first-order valence-electron chi connectivity index (χ1n) is 9.35. The van der Waals surface area contributed by atoms with Crippen molar-refractivity contribution < 1.29 is 19.1 Å². The largest absolute Gasteiger partial charge is 0.389 e. The van der Waals surface area contributed by atoms with Crippen LogP contribution < -0.4 is 10.6 Å². The fraction of sp³-hybridized carbons (Fsp3) is 0.400. The van der Waals surface area contributed by atoms with E-state index < -0.39 is 11.9 Å². The summed E-state index contributed by atoms with van der Waals surface area (Å²) >= 11 is 6.95. The minimum Gasteiger partial charge on any atom is -0.389 e. The molecule has 3 rings (SSSR count). The number of nitrogens with zero attached hydrogens (tertiary/aromatic N) is 1. The van der Waals surface area contributed by atoms with Crippen molar-refractivity contribution in [1.82, 2.24) is 10.2 Å². The standard InChI is InChI=1S/C20H23ClFN3O3S/c1-25-8-2-3-14(20(25)28)12-4-5-16(15(22)9-12)23-10-13(26)11-24-19(27)17-6-7-18(21)29-17/h4-7,9,13-14,23,26H,2-3,8,10-11H2,1H3,(H,24,27)/t13-,14?/m1/s1. The number of thiophene rings is 1. The zero-order valence-electron chi connectivity index (χ0n) is 16.0. The zero-order chi connectivity index (χ0) is 21.0. The fourth-order valence-corrected chi connectivity index (χ4v) is 4.23. The predicted octanol–water partition coefficient (Wildman–Crippen LogP) is 3.08. The molecule has 0 spiro atoms. The summed E-state index contributed by atoms with van der Waals surface area (Å²) in [5.74, 6) is -1.11. The van der Waals surface area contributed by atoms with Gasteiger partial charge in [-0.15, -0.1) is 11.3 Å². The number of carbonyl (C=O) groups is 2. The Morgan fingerprint density at radius 3 is 2.86 bits per heavy atom. The van der Waals surface area contributed by atoms with Crippen LogP contribution in [0, 0.1) is 5.82 Å². The van der Waals surface area contributed by atoms with Gasteiger partial charge in [0.25, 0.3) is 5.91 Å². The molecule has 1 aliphatic rings. The lowest BCUT2D eigenvalue weighted by Crippen LogP contribution is -2.37. The van der Waals surface area contributed by atoms with Crippen molar-refractivity contribution in [2.75, 3.05) is 32.0 Å². The van der Waals surface area contributed by atoms with Crippen molar-refractivity contribution >= 4 is 40.4 Å². The molecule has 29 heavy (non-hydrogen) atoms. The summed E-state index contributed by atoms with van der Waals surface area (Å²) in [5, 5.41) is 15.5. The van der Waals surface area contributed by atoms with E-state index in [0.717, 1.165) is 24.3 Å². The number of halogens is 2. The number of piperidine rings is 1. The highest BCUT2D eigenvalue weighted by molar-refractivity contribution is 7.17. The molecule has 1 fully saturated rings. The maximum absolute atomic E-state index is 14.5. The van der Waals surface area contributed by atoms with Gasteiger partial charge in [-0.2, -0.15) is 0 Å². The van der Waals surface area contributed by atoms with Crippen LogP contribution in [0.5, 0.6) is 0 Å². The van der Waals surface area contributed by atoms with E-state index in [2.05, 4.69) is 10.6 Å². The van der Waals surface area contributed by atoms with Gasteiger partial charge < -0.3 is 20.6 Å². The number of nitrogens with one attached hydrogen (secondary N) is 2. The molecule has 1 saturated heterocycles. The summed E-state index contributed by atoms with van der Waals surface area (Å²) in [4.78, 5) is 26.4. The maximum atomic E-state index is 14.5. The van der Waals surface area contributed by atoms with Crippen molar-refractivity contribution in [2.24, 2.45) is 0 Å². The van der Waals surface area contributed by atoms with Gasteiger partial charge in [0.15, 0.2) is 0 Å². The van der Waals surface area contributed by atoms with E-state index in [4.69, 9.17) is 11.6 Å². The number of likely N-dealkylation sites (tertiary alicyclic amines) is 1. The number of benzene rings is 1. The molecule has 2 amide bonds. The van der Waals surface area contributed by atoms with E-state index in [9.17, 15) is 19.1 Å². The summed E-state index contributed by atoms with van der Waals surface area (Å²) in [5.41, 5.74) is 0.896. The molecule has 0 radical (unpaired) electrons. The maximum Gasteiger partial charge on any atom is 0.261 e. The number of carbonyl (C=O) groups excluding carboxylic acids is 2. The highest BCUT2D eigenvalue weighted by Gasteiger charge is 2.28. The second-order valence-electron chi connectivity index (χ2n) is 7.04. The Morgan fingerprint density at radius 1 is 1.38 bits per heavy atom. The Kier molecular flexibility index (Phi) is 7.10. The smallest absolute Gasteiger partial charge is 0.261 e. The Hall–Kier alpha value is -2.16. The average Bonchev–Trinajstić information content (AvgIpc) is 3.13. The van der Waals surface area contributed by atoms with E-state index >= 15 is 0 Å². The number of hydrogen-bond donors (Lipinski definition) is 3. The Labute approximate surface area is 177 Å². The number of aliphatic hydroxyl groups excluding tert-OH is 1. The number of aliphatic hydroxyl groups is 1. The number of amides is 2. The first-order valence-corrected chi connectivity index (χ1v) is 10.5. The van der Waals surface area contributed by atoms with Gasteiger partial charge in [-0.3, -0.25) is 9.59 Å². The topological polar surface area (TPSA) is 81.7 Å². The number of anilines is 1. The molecular weight excluding hydrogens is 417 g/mol. The predicted molar refractivity (Wildman–Crippen MR) is 112 cm³/mol. The molecule has 2 aromatic rings. The normalized spacial score (nSPS) is 17.9. The number of likely N-dealkylation sites (N-methyl/N-ethyl adjacent to an activating group) is 1. The summed E-state index contributed by atoms with van der Waals surface area (Å²) in [6.07, 6.45) is 0.704. The third-order valence-electron chi connectivity index (χ3n) is 4.88. The third kappa shape index (κ3) is 5.46. The lowest BCUT2D eigenvalue weighted by Gasteiger charge is -2.29. The number of hydrogen-bond acceptors (Lipinski definition) is 5. The Bertz CT molecular complexity index is 892. The highest BCUT2D eigenvalue weighted by atomic mass is 35.5. The SMILES string of the molecule is CN1CCCC(c2ccc(NC[C@@H](O)CNC(=O)c3ccc(Cl)s3)c(F)c2)C1=O. The van der Waals surface area contributed by atoms with E-state index in [-0.39, 0.29) is 36.5 Å². The van der Waals surface area contributed by atoms with Gasteiger partial charge in [0.2, 0.25) is 5.91 Å². The lowest BCUT2D eigenvalue weighted by molar-refractivity contribution is -0.133. The van der Waals surface area contributed by atoms with Crippen molar-refractivity contribution in [3.63, 3.8) is 0 Å². The molecule has 3 N–H and O–H groups in total. The van der Waals surface area contributed by atoms with Gasteiger partial charge >= 0.3 is 0 Å².